The predicted octanol–water partition coefficient (Wildman–Crippen LogP) is 3.12. The molecule has 19 heavy (non-hydrogen) atoms. The number of carbonyl (C=O) groups excluding carboxylic acids is 1. The van der Waals surface area contributed by atoms with E-state index < -0.39 is 0 Å². The van der Waals surface area contributed by atoms with Gasteiger partial charge in [0.05, 0.1) is 0 Å². The first kappa shape index (κ1) is 14.8. The molecule has 3 heteroatoms. The Bertz CT molecular complexity index is 519. The van der Waals surface area contributed by atoms with Crippen molar-refractivity contribution >= 4 is 11.6 Å². The van der Waals surface area contributed by atoms with E-state index in [0.717, 1.165) is 5.56 Å². The number of benzene rings is 1. The Balaban J connectivity index is 3.13. The fraction of sp³-hybridized carbons (Fsp3) is 0.312. The van der Waals surface area contributed by atoms with Crippen LogP contribution in [0.4, 0.5) is 5.69 Å². The summed E-state index contributed by atoms with van der Waals surface area (Å²) in [5.41, 5.74) is 1.68. The van der Waals surface area contributed by atoms with Crippen LogP contribution in [-0.2, 0) is 10.2 Å². The van der Waals surface area contributed by atoms with Crippen molar-refractivity contribution in [3.63, 3.8) is 0 Å². The first-order chi connectivity index (χ1) is 8.86. The molecule has 0 saturated carbocycles. The average Bonchev–Trinajstić information content (AvgIpc) is 2.34. The summed E-state index contributed by atoms with van der Waals surface area (Å²) in [5.74, 6) is 2.81. The molecule has 0 radical (unpaired) electrons. The van der Waals surface area contributed by atoms with Gasteiger partial charge < -0.3 is 10.1 Å². The molecule has 0 unspecified atom stereocenters. The Morgan fingerprint density at radius 2 is 2.16 bits per heavy atom. The number of ether oxygens (including phenoxy) is 1. The molecule has 100 valence electrons. The van der Waals surface area contributed by atoms with E-state index in [1.807, 2.05) is 12.1 Å². The summed E-state index contributed by atoms with van der Waals surface area (Å²) in [6.45, 7) is 9.90. The van der Waals surface area contributed by atoms with Gasteiger partial charge in [-0.25, -0.2) is 0 Å². The Kier molecular flexibility index (Phi) is 4.77. The highest BCUT2D eigenvalue weighted by Gasteiger charge is 2.16. The van der Waals surface area contributed by atoms with Gasteiger partial charge in [0.1, 0.15) is 12.4 Å². The Morgan fingerprint density at radius 3 is 2.68 bits per heavy atom. The van der Waals surface area contributed by atoms with Gasteiger partial charge in [-0.2, -0.15) is 0 Å². The van der Waals surface area contributed by atoms with Gasteiger partial charge in [-0.05, 0) is 29.2 Å². The fourth-order valence-corrected chi connectivity index (χ4v) is 1.51. The van der Waals surface area contributed by atoms with Crippen molar-refractivity contribution in [1.29, 1.82) is 0 Å². The number of rotatable bonds is 4. The molecule has 1 rings (SSSR count). The molecule has 0 aromatic heterocycles. The number of amides is 1. The van der Waals surface area contributed by atoms with Gasteiger partial charge in [-0.1, -0.05) is 33.3 Å². The normalized spacial score (nSPS) is 10.4. The Hall–Kier alpha value is -2.21. The van der Waals surface area contributed by atoms with E-state index >= 15 is 0 Å². The minimum Gasteiger partial charge on any atom is -0.481 e. The number of anilines is 1. The molecule has 0 aliphatic carbocycles. The van der Waals surface area contributed by atoms with E-state index in [1.165, 1.54) is 6.08 Å². The van der Waals surface area contributed by atoms with Crippen molar-refractivity contribution in [2.24, 2.45) is 0 Å². The third-order valence-electron chi connectivity index (χ3n) is 2.55. The number of hydrogen-bond acceptors (Lipinski definition) is 2. The molecule has 0 bridgehead atoms. The van der Waals surface area contributed by atoms with E-state index in [0.29, 0.717) is 11.4 Å². The topological polar surface area (TPSA) is 38.3 Å². The van der Waals surface area contributed by atoms with E-state index in [4.69, 9.17) is 11.2 Å². The zero-order chi connectivity index (χ0) is 14.5. The lowest BCUT2D eigenvalue weighted by Crippen LogP contribution is -2.14. The molecule has 1 N–H and O–H groups in total. The first-order valence-electron chi connectivity index (χ1n) is 6.02. The van der Waals surface area contributed by atoms with Crippen LogP contribution in [0.2, 0.25) is 0 Å². The SMILES string of the molecule is C#CCOc1cc(NC(=O)C=C)cc(C(C)(C)C)c1. The summed E-state index contributed by atoms with van der Waals surface area (Å²) in [5, 5.41) is 2.73. The lowest BCUT2D eigenvalue weighted by Gasteiger charge is -2.21. The minimum absolute atomic E-state index is 0.0524. The van der Waals surface area contributed by atoms with Crippen LogP contribution in [0.1, 0.15) is 26.3 Å². The van der Waals surface area contributed by atoms with E-state index in [9.17, 15) is 4.79 Å². The van der Waals surface area contributed by atoms with Gasteiger partial charge in [-0.15, -0.1) is 6.42 Å². The molecule has 1 aromatic rings. The minimum atomic E-state index is -0.256. The summed E-state index contributed by atoms with van der Waals surface area (Å²) in [7, 11) is 0. The van der Waals surface area contributed by atoms with Crippen molar-refractivity contribution < 1.29 is 9.53 Å². The van der Waals surface area contributed by atoms with Crippen LogP contribution in [-0.4, -0.2) is 12.5 Å². The van der Waals surface area contributed by atoms with Crippen molar-refractivity contribution in [2.45, 2.75) is 26.2 Å². The van der Waals surface area contributed by atoms with E-state index in [-0.39, 0.29) is 17.9 Å². The molecular formula is C16H19NO2. The highest BCUT2D eigenvalue weighted by Crippen LogP contribution is 2.29. The lowest BCUT2D eigenvalue weighted by molar-refractivity contribution is -0.111. The molecule has 0 fully saturated rings. The molecule has 0 heterocycles. The Labute approximate surface area is 114 Å². The molecule has 0 aliphatic rings. The van der Waals surface area contributed by atoms with Crippen LogP contribution in [0.5, 0.6) is 5.75 Å². The summed E-state index contributed by atoms with van der Waals surface area (Å²) < 4.78 is 5.43. The quantitative estimate of drug-likeness (QED) is 0.665. The van der Waals surface area contributed by atoms with Crippen LogP contribution >= 0.6 is 0 Å². The molecule has 0 saturated heterocycles. The standard InChI is InChI=1S/C16H19NO2/c1-6-8-19-14-10-12(16(3,4)5)9-13(11-14)17-15(18)7-2/h1,7,9-11H,2,8H2,3-5H3,(H,17,18). The largest absolute Gasteiger partial charge is 0.481 e. The lowest BCUT2D eigenvalue weighted by atomic mass is 9.86. The van der Waals surface area contributed by atoms with Gasteiger partial charge in [0.25, 0.3) is 0 Å². The molecule has 1 amide bonds. The maximum absolute atomic E-state index is 11.4. The number of carbonyl (C=O) groups is 1. The van der Waals surface area contributed by atoms with Crippen molar-refractivity contribution in [1.82, 2.24) is 0 Å². The predicted molar refractivity (Wildman–Crippen MR) is 78.3 cm³/mol. The molecule has 1 aromatic carbocycles. The maximum atomic E-state index is 11.4. The Morgan fingerprint density at radius 1 is 1.47 bits per heavy atom. The van der Waals surface area contributed by atoms with Crippen LogP contribution in [0.15, 0.2) is 30.9 Å². The zero-order valence-corrected chi connectivity index (χ0v) is 11.6. The second kappa shape index (κ2) is 6.10. The molecule has 3 nitrogen and oxygen atoms in total. The van der Waals surface area contributed by atoms with Crippen LogP contribution in [0.25, 0.3) is 0 Å². The monoisotopic (exact) mass is 257 g/mol. The molecule has 0 aliphatic heterocycles. The van der Waals surface area contributed by atoms with E-state index in [1.54, 1.807) is 6.07 Å². The van der Waals surface area contributed by atoms with Gasteiger partial charge in [0, 0.05) is 11.8 Å². The van der Waals surface area contributed by atoms with Crippen LogP contribution < -0.4 is 10.1 Å². The van der Waals surface area contributed by atoms with E-state index in [2.05, 4.69) is 38.6 Å². The van der Waals surface area contributed by atoms with Crippen LogP contribution in [0, 0.1) is 12.3 Å². The summed E-state index contributed by atoms with van der Waals surface area (Å²) in [4.78, 5) is 11.4. The number of nitrogens with one attached hydrogen (secondary N) is 1. The van der Waals surface area contributed by atoms with Gasteiger partial charge >= 0.3 is 0 Å². The highest BCUT2D eigenvalue weighted by molar-refractivity contribution is 5.99. The third kappa shape index (κ3) is 4.51. The van der Waals surface area contributed by atoms with Crippen LogP contribution in [0.3, 0.4) is 0 Å². The second-order valence-corrected chi connectivity index (χ2v) is 5.18. The summed E-state index contributed by atoms with van der Waals surface area (Å²) >= 11 is 0. The summed E-state index contributed by atoms with van der Waals surface area (Å²) in [6, 6.07) is 5.60. The number of terminal acetylenes is 1. The van der Waals surface area contributed by atoms with Crippen molar-refractivity contribution in [3.8, 4) is 18.1 Å². The number of hydrogen-bond donors (Lipinski definition) is 1. The zero-order valence-electron chi connectivity index (χ0n) is 11.6. The van der Waals surface area contributed by atoms with Gasteiger partial charge in [-0.3, -0.25) is 4.79 Å². The first-order valence-corrected chi connectivity index (χ1v) is 6.02. The second-order valence-electron chi connectivity index (χ2n) is 5.18. The third-order valence-corrected chi connectivity index (χ3v) is 2.55. The average molecular weight is 257 g/mol. The van der Waals surface area contributed by atoms with Crippen molar-refractivity contribution in [3.05, 3.63) is 36.4 Å². The molecular weight excluding hydrogens is 238 g/mol. The van der Waals surface area contributed by atoms with Crippen molar-refractivity contribution in [2.75, 3.05) is 11.9 Å². The maximum Gasteiger partial charge on any atom is 0.247 e. The molecule has 0 spiro atoms. The molecule has 0 atom stereocenters. The smallest absolute Gasteiger partial charge is 0.247 e. The highest BCUT2D eigenvalue weighted by atomic mass is 16.5. The van der Waals surface area contributed by atoms with Gasteiger partial charge in [0.15, 0.2) is 0 Å². The summed E-state index contributed by atoms with van der Waals surface area (Å²) in [6.07, 6.45) is 6.41. The van der Waals surface area contributed by atoms with Gasteiger partial charge in [0.2, 0.25) is 5.91 Å². The fourth-order valence-electron chi connectivity index (χ4n) is 1.51.